The molecule has 0 radical (unpaired) electrons. The average molecular weight is 282 g/mol. The van der Waals surface area contributed by atoms with Gasteiger partial charge in [-0.1, -0.05) is 36.2 Å². The molecule has 1 heterocycles. The standard InChI is InChI=1S/C13H13Cl2N3/c1-3-9-12(15)16-7-17-13(9)18-11-6-8(2)4-5-10(11)14/h4-7H,3H2,1-2H3,(H,16,17,18). The number of hydrogen-bond donors (Lipinski definition) is 1. The fourth-order valence-corrected chi connectivity index (χ4v) is 2.11. The Morgan fingerprint density at radius 2 is 2.00 bits per heavy atom. The molecule has 0 aliphatic rings. The lowest BCUT2D eigenvalue weighted by Gasteiger charge is -2.12. The van der Waals surface area contributed by atoms with Crippen LogP contribution in [0.4, 0.5) is 11.5 Å². The fraction of sp³-hybridized carbons (Fsp3) is 0.231. The summed E-state index contributed by atoms with van der Waals surface area (Å²) in [6.07, 6.45) is 2.19. The van der Waals surface area contributed by atoms with Gasteiger partial charge in [0, 0.05) is 5.56 Å². The fourth-order valence-electron chi connectivity index (χ4n) is 1.67. The zero-order valence-electron chi connectivity index (χ0n) is 10.2. The van der Waals surface area contributed by atoms with Crippen molar-refractivity contribution in [3.8, 4) is 0 Å². The van der Waals surface area contributed by atoms with Crippen LogP contribution in [0, 0.1) is 6.92 Å². The second-order valence-corrected chi connectivity index (χ2v) is 4.72. The van der Waals surface area contributed by atoms with Crippen molar-refractivity contribution in [2.75, 3.05) is 5.32 Å². The van der Waals surface area contributed by atoms with Crippen LogP contribution in [0.15, 0.2) is 24.5 Å². The zero-order valence-corrected chi connectivity index (χ0v) is 11.7. The number of hydrogen-bond acceptors (Lipinski definition) is 3. The highest BCUT2D eigenvalue weighted by Crippen LogP contribution is 2.28. The van der Waals surface area contributed by atoms with Gasteiger partial charge >= 0.3 is 0 Å². The third-order valence-corrected chi connectivity index (χ3v) is 3.28. The van der Waals surface area contributed by atoms with Crippen molar-refractivity contribution in [2.45, 2.75) is 20.3 Å². The topological polar surface area (TPSA) is 37.8 Å². The molecule has 0 aliphatic carbocycles. The molecule has 1 N–H and O–H groups in total. The third kappa shape index (κ3) is 2.74. The van der Waals surface area contributed by atoms with Crippen molar-refractivity contribution in [2.24, 2.45) is 0 Å². The van der Waals surface area contributed by atoms with Crippen LogP contribution in [-0.2, 0) is 6.42 Å². The summed E-state index contributed by atoms with van der Waals surface area (Å²) in [4.78, 5) is 8.18. The molecule has 2 rings (SSSR count). The van der Waals surface area contributed by atoms with Gasteiger partial charge in [0.1, 0.15) is 17.3 Å². The zero-order chi connectivity index (χ0) is 13.1. The Morgan fingerprint density at radius 3 is 2.72 bits per heavy atom. The van der Waals surface area contributed by atoms with E-state index in [9.17, 15) is 0 Å². The molecule has 5 heteroatoms. The molecule has 0 spiro atoms. The van der Waals surface area contributed by atoms with Gasteiger partial charge in [-0.25, -0.2) is 9.97 Å². The number of aromatic nitrogens is 2. The highest BCUT2D eigenvalue weighted by molar-refractivity contribution is 6.33. The van der Waals surface area contributed by atoms with Gasteiger partial charge in [0.25, 0.3) is 0 Å². The summed E-state index contributed by atoms with van der Waals surface area (Å²) >= 11 is 12.2. The number of nitrogens with zero attached hydrogens (tertiary/aromatic N) is 2. The first kappa shape index (κ1) is 13.1. The lowest BCUT2D eigenvalue weighted by Crippen LogP contribution is -2.01. The van der Waals surface area contributed by atoms with Crippen molar-refractivity contribution < 1.29 is 0 Å². The van der Waals surface area contributed by atoms with Gasteiger partial charge in [-0.05, 0) is 31.0 Å². The smallest absolute Gasteiger partial charge is 0.138 e. The van der Waals surface area contributed by atoms with E-state index in [-0.39, 0.29) is 0 Å². The van der Waals surface area contributed by atoms with Crippen LogP contribution in [0.2, 0.25) is 10.2 Å². The first-order valence-corrected chi connectivity index (χ1v) is 6.40. The summed E-state index contributed by atoms with van der Waals surface area (Å²) in [7, 11) is 0. The van der Waals surface area contributed by atoms with Crippen molar-refractivity contribution >= 4 is 34.7 Å². The van der Waals surface area contributed by atoms with Crippen molar-refractivity contribution in [1.29, 1.82) is 0 Å². The number of nitrogens with one attached hydrogen (secondary N) is 1. The maximum atomic E-state index is 6.14. The van der Waals surface area contributed by atoms with Crippen LogP contribution in [0.25, 0.3) is 0 Å². The van der Waals surface area contributed by atoms with E-state index >= 15 is 0 Å². The van der Waals surface area contributed by atoms with Crippen LogP contribution < -0.4 is 5.32 Å². The number of halogens is 2. The summed E-state index contributed by atoms with van der Waals surface area (Å²) in [6.45, 7) is 4.02. The van der Waals surface area contributed by atoms with Crippen LogP contribution in [0.1, 0.15) is 18.1 Å². The van der Waals surface area contributed by atoms with Gasteiger partial charge in [-0.3, -0.25) is 0 Å². The lowest BCUT2D eigenvalue weighted by molar-refractivity contribution is 1.05. The molecule has 0 saturated heterocycles. The Labute approximate surface area is 116 Å². The molecule has 0 amide bonds. The molecule has 0 aliphatic heterocycles. The van der Waals surface area contributed by atoms with E-state index in [1.165, 1.54) is 6.33 Å². The van der Waals surface area contributed by atoms with E-state index in [1.54, 1.807) is 0 Å². The lowest BCUT2D eigenvalue weighted by atomic mass is 10.2. The SMILES string of the molecule is CCc1c(Cl)ncnc1Nc1cc(C)ccc1Cl. The molecular weight excluding hydrogens is 269 g/mol. The molecule has 0 saturated carbocycles. The first-order valence-electron chi connectivity index (χ1n) is 5.64. The third-order valence-electron chi connectivity index (χ3n) is 2.62. The number of aryl methyl sites for hydroxylation is 1. The second-order valence-electron chi connectivity index (χ2n) is 3.95. The molecule has 0 atom stereocenters. The van der Waals surface area contributed by atoms with Gasteiger partial charge in [0.05, 0.1) is 10.7 Å². The van der Waals surface area contributed by atoms with Gasteiger partial charge in [0.15, 0.2) is 0 Å². The normalized spacial score (nSPS) is 10.4. The quantitative estimate of drug-likeness (QED) is 0.848. The largest absolute Gasteiger partial charge is 0.339 e. The second kappa shape index (κ2) is 5.55. The van der Waals surface area contributed by atoms with Crippen LogP contribution in [0.5, 0.6) is 0 Å². The predicted molar refractivity (Wildman–Crippen MR) is 75.9 cm³/mol. The molecule has 3 nitrogen and oxygen atoms in total. The number of rotatable bonds is 3. The van der Waals surface area contributed by atoms with Gasteiger partial charge < -0.3 is 5.32 Å². The molecule has 0 bridgehead atoms. The van der Waals surface area contributed by atoms with Gasteiger partial charge in [-0.2, -0.15) is 0 Å². The Kier molecular flexibility index (Phi) is 4.04. The van der Waals surface area contributed by atoms with Gasteiger partial charge in [0.2, 0.25) is 0 Å². The highest BCUT2D eigenvalue weighted by atomic mass is 35.5. The monoisotopic (exact) mass is 281 g/mol. The van der Waals surface area contributed by atoms with E-state index in [0.29, 0.717) is 16.0 Å². The Hall–Kier alpha value is -1.32. The van der Waals surface area contributed by atoms with Crippen LogP contribution in [0.3, 0.4) is 0 Å². The van der Waals surface area contributed by atoms with Gasteiger partial charge in [-0.15, -0.1) is 0 Å². The number of anilines is 2. The van der Waals surface area contributed by atoms with E-state index < -0.39 is 0 Å². The summed E-state index contributed by atoms with van der Waals surface area (Å²) in [5.74, 6) is 0.699. The summed E-state index contributed by atoms with van der Waals surface area (Å²) in [5.41, 5.74) is 2.83. The van der Waals surface area contributed by atoms with E-state index in [0.717, 1.165) is 23.2 Å². The highest BCUT2D eigenvalue weighted by Gasteiger charge is 2.09. The van der Waals surface area contributed by atoms with Crippen LogP contribution >= 0.6 is 23.2 Å². The summed E-state index contributed by atoms with van der Waals surface area (Å²) < 4.78 is 0. The Balaban J connectivity index is 2.40. The maximum absolute atomic E-state index is 6.14. The number of benzene rings is 1. The molecular formula is C13H13Cl2N3. The van der Waals surface area contributed by atoms with E-state index in [4.69, 9.17) is 23.2 Å². The van der Waals surface area contributed by atoms with Crippen molar-refractivity contribution in [3.63, 3.8) is 0 Å². The van der Waals surface area contributed by atoms with E-state index in [2.05, 4.69) is 15.3 Å². The molecule has 0 fully saturated rings. The predicted octanol–water partition coefficient (Wildman–Crippen LogP) is 4.40. The minimum absolute atomic E-state index is 0.471. The molecule has 1 aromatic heterocycles. The summed E-state index contributed by atoms with van der Waals surface area (Å²) in [6, 6.07) is 5.78. The maximum Gasteiger partial charge on any atom is 0.138 e. The Bertz CT molecular complexity index is 570. The average Bonchev–Trinajstić information content (AvgIpc) is 2.34. The minimum Gasteiger partial charge on any atom is -0.339 e. The molecule has 18 heavy (non-hydrogen) atoms. The minimum atomic E-state index is 0.471. The molecule has 1 aromatic carbocycles. The van der Waals surface area contributed by atoms with Crippen molar-refractivity contribution in [1.82, 2.24) is 9.97 Å². The molecule has 94 valence electrons. The molecule has 0 unspecified atom stereocenters. The first-order chi connectivity index (χ1) is 8.61. The molecule has 2 aromatic rings. The van der Waals surface area contributed by atoms with E-state index in [1.807, 2.05) is 32.0 Å². The van der Waals surface area contributed by atoms with Crippen LogP contribution in [-0.4, -0.2) is 9.97 Å². The van der Waals surface area contributed by atoms with Crippen molar-refractivity contribution in [3.05, 3.63) is 45.8 Å². The Morgan fingerprint density at radius 1 is 1.22 bits per heavy atom. The summed E-state index contributed by atoms with van der Waals surface area (Å²) in [5, 5.41) is 4.33.